The van der Waals surface area contributed by atoms with E-state index in [1.807, 2.05) is 0 Å². The number of nitrogens with zero attached hydrogens (tertiary/aromatic N) is 4. The number of hydrogen-bond acceptors (Lipinski definition) is 4. The molecule has 4 aliphatic heterocycles. The summed E-state index contributed by atoms with van der Waals surface area (Å²) >= 11 is 0. The number of H-pyrrole nitrogens is 4. The first-order chi connectivity index (χ1) is 50.5. The smallest absolute Gasteiger partial charge is 0.0815 e. The van der Waals surface area contributed by atoms with Crippen molar-refractivity contribution in [2.45, 2.75) is 209 Å². The van der Waals surface area contributed by atoms with Gasteiger partial charge in [0.05, 0.1) is 67.7 Å². The second-order valence-corrected chi connectivity index (χ2v) is 38.4. The Morgan fingerprint density at radius 2 is 0.444 bits per heavy atom. The molecular weight excluding hydrogens is 1310 g/mol. The van der Waals surface area contributed by atoms with Gasteiger partial charge >= 0.3 is 0 Å². The first-order valence-electron chi connectivity index (χ1n) is 38.4. The van der Waals surface area contributed by atoms with Gasteiger partial charge in [-0.2, -0.15) is 0 Å². The summed E-state index contributed by atoms with van der Waals surface area (Å²) in [6.07, 6.45) is 17.1. The third kappa shape index (κ3) is 15.1. The maximum absolute atomic E-state index is 5.76. The van der Waals surface area contributed by atoms with Gasteiger partial charge in [0.1, 0.15) is 0 Å². The lowest BCUT2D eigenvalue weighted by Gasteiger charge is -2.26. The SMILES string of the molecule is CC(C)(C)c1cc(-c2c3nc(c(-c4cc(C(C)(C)C)cc(C(C)(C)C)c4)c4ccc([nH]4)c(C#CC#Cc4c5nc(c(-c6cc(C(C)(C)C)cc(C(C)(C)C)c6)c6ccc([nH]6)c(-c6cc(C(C)(C)C)cc(C(C)(C)C)c6)c6nc(cc7ccc4[nH]7)C=C6)C=C5)c4nc(cc5ccc2[nH]5)C=C4)C=C3)cc(C(C)(C)C)c1. The van der Waals surface area contributed by atoms with E-state index in [0.717, 1.165) is 128 Å². The topological polar surface area (TPSA) is 115 Å². The van der Waals surface area contributed by atoms with Crippen molar-refractivity contribution in [1.82, 2.24) is 39.9 Å². The van der Waals surface area contributed by atoms with E-state index in [-0.39, 0.29) is 43.3 Å². The number of nitrogens with one attached hydrogen (secondary N) is 4. The van der Waals surface area contributed by atoms with Crippen molar-refractivity contribution in [2.75, 3.05) is 0 Å². The molecule has 0 amide bonds. The van der Waals surface area contributed by atoms with Crippen LogP contribution in [0.4, 0.5) is 0 Å². The van der Waals surface area contributed by atoms with Gasteiger partial charge in [0.15, 0.2) is 0 Å². The van der Waals surface area contributed by atoms with Crippen molar-refractivity contribution in [1.29, 1.82) is 0 Å². The molecule has 6 aromatic heterocycles. The fourth-order valence-corrected chi connectivity index (χ4v) is 14.5. The standard InChI is InChI=1S/C100H106N8/c1-93(2,3)63-45-59(46-64(53-63)94(4,5)6)89-81-35-31-73(103-81)57-71-29-33-77(101-71)75(79-37-39-83(105-79)91(87-43-41-85(89)107-87)61-49-67(97(13,14)15)55-68(50-61)98(16,17)18)27-25-26-28-76-78-34-30-72(102-78)58-74-32-36-82(104-74)90(60-47-65(95(7,8)9)54-66(48-60)96(10,11)12)86-42-44-88(108-86)92(84-40-38-80(76)106-84)62-51-69(99(19,20)21)56-70(52-62)100(22,23)24/h29-58,101,104,106-107H,1-24H3. The van der Waals surface area contributed by atoms with Crippen LogP contribution in [0.15, 0.2) is 133 Å². The predicted molar refractivity (Wildman–Crippen MR) is 463 cm³/mol. The van der Waals surface area contributed by atoms with Crippen LogP contribution in [0, 0.1) is 23.7 Å². The number of fused-ring (bicyclic) bond motifs is 16. The lowest BCUT2D eigenvalue weighted by molar-refractivity contribution is 0.568. The zero-order valence-corrected chi connectivity index (χ0v) is 68.1. The van der Waals surface area contributed by atoms with E-state index in [2.05, 4.69) is 392 Å². The van der Waals surface area contributed by atoms with Crippen LogP contribution in [0.2, 0.25) is 0 Å². The fourth-order valence-electron chi connectivity index (χ4n) is 14.5. The molecule has 16 bridgehead atoms. The Labute approximate surface area is 641 Å². The molecule has 10 heterocycles. The average molecular weight is 1420 g/mol. The molecule has 546 valence electrons. The minimum absolute atomic E-state index is 0.103. The second kappa shape index (κ2) is 26.6. The van der Waals surface area contributed by atoms with Gasteiger partial charge in [0.2, 0.25) is 0 Å². The van der Waals surface area contributed by atoms with E-state index in [0.29, 0.717) is 16.8 Å². The lowest BCUT2D eigenvalue weighted by atomic mass is 9.78. The molecule has 0 radical (unpaired) electrons. The minimum Gasteiger partial charge on any atom is -0.355 e. The summed E-state index contributed by atoms with van der Waals surface area (Å²) in [5.41, 5.74) is 32.6. The molecular formula is C100H106N8. The molecule has 8 nitrogen and oxygen atoms in total. The zero-order valence-electron chi connectivity index (χ0n) is 68.1. The summed E-state index contributed by atoms with van der Waals surface area (Å²) in [6, 6.07) is 50.0. The summed E-state index contributed by atoms with van der Waals surface area (Å²) < 4.78 is 0. The Morgan fingerprint density at radius 3 is 0.787 bits per heavy atom. The van der Waals surface area contributed by atoms with Crippen molar-refractivity contribution in [2.24, 2.45) is 0 Å². The molecule has 0 fully saturated rings. The largest absolute Gasteiger partial charge is 0.355 e. The van der Waals surface area contributed by atoms with E-state index in [1.54, 1.807) is 0 Å². The Balaban J connectivity index is 1.02. The molecule has 108 heavy (non-hydrogen) atoms. The van der Waals surface area contributed by atoms with Crippen LogP contribution in [0.25, 0.3) is 137 Å². The summed E-state index contributed by atoms with van der Waals surface area (Å²) in [6.45, 7) is 55.2. The van der Waals surface area contributed by atoms with Crippen molar-refractivity contribution >= 4 is 92.7 Å². The molecule has 0 aliphatic carbocycles. The molecule has 0 saturated carbocycles. The summed E-state index contributed by atoms with van der Waals surface area (Å²) in [4.78, 5) is 37.9. The van der Waals surface area contributed by atoms with Gasteiger partial charge in [-0.15, -0.1) is 0 Å². The number of aromatic amines is 4. The van der Waals surface area contributed by atoms with Crippen LogP contribution >= 0.6 is 0 Å². The molecule has 0 saturated heterocycles. The van der Waals surface area contributed by atoms with Gasteiger partial charge in [-0.3, -0.25) is 0 Å². The van der Waals surface area contributed by atoms with Crippen LogP contribution < -0.4 is 0 Å². The summed E-state index contributed by atoms with van der Waals surface area (Å²) in [5.74, 6) is 14.0. The molecule has 4 aliphatic rings. The van der Waals surface area contributed by atoms with Crippen molar-refractivity contribution in [3.8, 4) is 68.2 Å². The number of hydrogen-bond donors (Lipinski definition) is 4. The molecule has 4 N–H and O–H groups in total. The summed E-state index contributed by atoms with van der Waals surface area (Å²) in [7, 11) is 0. The molecule has 4 aromatic carbocycles. The maximum Gasteiger partial charge on any atom is 0.0815 e. The van der Waals surface area contributed by atoms with E-state index >= 15 is 0 Å². The van der Waals surface area contributed by atoms with Gasteiger partial charge < -0.3 is 19.9 Å². The van der Waals surface area contributed by atoms with Gasteiger partial charge in [-0.05, 0) is 243 Å². The second-order valence-electron chi connectivity index (χ2n) is 38.4. The lowest BCUT2D eigenvalue weighted by Crippen LogP contribution is -2.16. The van der Waals surface area contributed by atoms with Gasteiger partial charge in [0.25, 0.3) is 0 Å². The third-order valence-corrected chi connectivity index (χ3v) is 21.4. The first-order valence-corrected chi connectivity index (χ1v) is 38.4. The quantitative estimate of drug-likeness (QED) is 0.131. The average Bonchev–Trinajstić information content (AvgIpc) is 1.60. The third-order valence-electron chi connectivity index (χ3n) is 21.4. The predicted octanol–water partition coefficient (Wildman–Crippen LogP) is 26.1. The highest BCUT2D eigenvalue weighted by atomic mass is 14.8. The minimum atomic E-state index is -0.145. The Morgan fingerprint density at radius 1 is 0.222 bits per heavy atom. The zero-order chi connectivity index (χ0) is 77.3. The van der Waals surface area contributed by atoms with Crippen LogP contribution in [0.3, 0.4) is 0 Å². The number of rotatable bonds is 4. The maximum atomic E-state index is 5.76. The summed E-state index contributed by atoms with van der Waals surface area (Å²) in [5, 5.41) is 0. The van der Waals surface area contributed by atoms with Crippen LogP contribution in [0.1, 0.15) is 267 Å². The highest BCUT2D eigenvalue weighted by Crippen LogP contribution is 2.45. The number of benzene rings is 4. The Kier molecular flexibility index (Phi) is 18.2. The van der Waals surface area contributed by atoms with Crippen molar-refractivity contribution < 1.29 is 0 Å². The molecule has 10 aromatic rings. The Bertz CT molecular complexity index is 5710. The fraction of sp³-hybridized carbons (Fsp3) is 0.320. The van der Waals surface area contributed by atoms with Crippen LogP contribution in [-0.4, -0.2) is 39.9 Å². The first kappa shape index (κ1) is 74.1. The van der Waals surface area contributed by atoms with Crippen molar-refractivity contribution in [3.63, 3.8) is 0 Å². The molecule has 0 spiro atoms. The van der Waals surface area contributed by atoms with Gasteiger partial charge in [-0.1, -0.05) is 239 Å². The molecule has 14 rings (SSSR count). The Hall–Kier alpha value is -10.8. The van der Waals surface area contributed by atoms with Crippen LogP contribution in [0.5, 0.6) is 0 Å². The van der Waals surface area contributed by atoms with Gasteiger partial charge in [-0.25, -0.2) is 19.9 Å². The molecule has 0 unspecified atom stereocenters. The molecule has 8 heteroatoms. The number of aromatic nitrogens is 8. The van der Waals surface area contributed by atoms with E-state index in [9.17, 15) is 0 Å². The van der Waals surface area contributed by atoms with E-state index < -0.39 is 0 Å². The van der Waals surface area contributed by atoms with Crippen LogP contribution in [-0.2, 0) is 43.3 Å². The highest BCUT2D eigenvalue weighted by molar-refractivity contribution is 5.99. The molecule has 0 atom stereocenters. The van der Waals surface area contributed by atoms with E-state index in [4.69, 9.17) is 19.9 Å². The van der Waals surface area contributed by atoms with Gasteiger partial charge in [0, 0.05) is 55.4 Å². The highest BCUT2D eigenvalue weighted by Gasteiger charge is 2.30. The monoisotopic (exact) mass is 1420 g/mol. The van der Waals surface area contributed by atoms with E-state index in [1.165, 1.54) is 44.5 Å². The normalized spacial score (nSPS) is 13.4. The van der Waals surface area contributed by atoms with Crippen molar-refractivity contribution in [3.05, 3.63) is 235 Å².